The SMILES string of the molecule is CC1(C)CN(Cc2cc(Cl)c3c(c2)OCCO3)CCC1N. The monoisotopic (exact) mass is 310 g/mol. The number of nitrogens with zero attached hydrogens (tertiary/aromatic N) is 1. The third kappa shape index (κ3) is 3.12. The van der Waals surface area contributed by atoms with Gasteiger partial charge in [-0.25, -0.2) is 0 Å². The van der Waals surface area contributed by atoms with Gasteiger partial charge in [0.05, 0.1) is 5.02 Å². The normalized spacial score (nSPS) is 24.9. The molecule has 0 radical (unpaired) electrons. The van der Waals surface area contributed by atoms with Crippen LogP contribution in [0.4, 0.5) is 0 Å². The molecular formula is C16H23ClN2O2. The van der Waals surface area contributed by atoms with E-state index in [1.165, 1.54) is 0 Å². The first-order valence-electron chi connectivity index (χ1n) is 7.52. The summed E-state index contributed by atoms with van der Waals surface area (Å²) in [5.74, 6) is 1.43. The molecule has 0 spiro atoms. The molecule has 21 heavy (non-hydrogen) atoms. The Hall–Kier alpha value is -0.970. The van der Waals surface area contributed by atoms with Crippen molar-refractivity contribution in [1.29, 1.82) is 0 Å². The van der Waals surface area contributed by atoms with Crippen LogP contribution in [0, 0.1) is 5.41 Å². The molecule has 3 rings (SSSR count). The molecule has 0 amide bonds. The number of rotatable bonds is 2. The highest BCUT2D eigenvalue weighted by Gasteiger charge is 2.33. The second kappa shape index (κ2) is 5.67. The van der Waals surface area contributed by atoms with Crippen LogP contribution in [0.1, 0.15) is 25.8 Å². The van der Waals surface area contributed by atoms with Crippen LogP contribution in [0.5, 0.6) is 11.5 Å². The smallest absolute Gasteiger partial charge is 0.179 e. The third-order valence-corrected chi connectivity index (χ3v) is 4.73. The fourth-order valence-electron chi connectivity index (χ4n) is 3.13. The lowest BCUT2D eigenvalue weighted by atomic mass is 9.79. The topological polar surface area (TPSA) is 47.7 Å². The summed E-state index contributed by atoms with van der Waals surface area (Å²) in [7, 11) is 0. The van der Waals surface area contributed by atoms with Crippen molar-refractivity contribution in [3.05, 3.63) is 22.7 Å². The van der Waals surface area contributed by atoms with Gasteiger partial charge < -0.3 is 15.2 Å². The van der Waals surface area contributed by atoms with Gasteiger partial charge in [0.1, 0.15) is 13.2 Å². The highest BCUT2D eigenvalue weighted by molar-refractivity contribution is 6.32. The van der Waals surface area contributed by atoms with E-state index in [0.717, 1.165) is 37.4 Å². The van der Waals surface area contributed by atoms with Gasteiger partial charge in [0.25, 0.3) is 0 Å². The van der Waals surface area contributed by atoms with Crippen molar-refractivity contribution in [3.63, 3.8) is 0 Å². The first-order chi connectivity index (χ1) is 9.95. The number of hydrogen-bond donors (Lipinski definition) is 1. The standard InChI is InChI=1S/C16H23ClN2O2/c1-16(2)10-19(4-3-14(16)18)9-11-7-12(17)15-13(8-11)20-5-6-21-15/h7-8,14H,3-6,9-10,18H2,1-2H3. The minimum absolute atomic E-state index is 0.149. The summed E-state index contributed by atoms with van der Waals surface area (Å²) in [5, 5.41) is 0.634. The van der Waals surface area contributed by atoms with E-state index in [9.17, 15) is 0 Å². The largest absolute Gasteiger partial charge is 0.486 e. The van der Waals surface area contributed by atoms with Gasteiger partial charge in [0.2, 0.25) is 0 Å². The highest BCUT2D eigenvalue weighted by Crippen LogP contribution is 2.39. The van der Waals surface area contributed by atoms with Gasteiger partial charge in [-0.3, -0.25) is 4.90 Å². The maximum Gasteiger partial charge on any atom is 0.179 e. The maximum atomic E-state index is 6.30. The predicted molar refractivity (Wildman–Crippen MR) is 84.1 cm³/mol. The van der Waals surface area contributed by atoms with Crippen molar-refractivity contribution in [2.24, 2.45) is 11.1 Å². The molecule has 1 atom stereocenters. The molecule has 0 aliphatic carbocycles. The number of fused-ring (bicyclic) bond motifs is 1. The van der Waals surface area contributed by atoms with Crippen LogP contribution in [0.25, 0.3) is 0 Å². The van der Waals surface area contributed by atoms with Crippen LogP contribution < -0.4 is 15.2 Å². The number of benzene rings is 1. The van der Waals surface area contributed by atoms with Crippen molar-refractivity contribution in [2.45, 2.75) is 32.9 Å². The molecule has 0 aromatic heterocycles. The van der Waals surface area contributed by atoms with Crippen LogP contribution in [0.3, 0.4) is 0 Å². The Morgan fingerprint density at radius 3 is 2.86 bits per heavy atom. The van der Waals surface area contributed by atoms with Crippen LogP contribution in [-0.2, 0) is 6.54 Å². The zero-order chi connectivity index (χ0) is 15.0. The minimum atomic E-state index is 0.149. The summed E-state index contributed by atoms with van der Waals surface area (Å²) in [6, 6.07) is 4.30. The number of hydrogen-bond acceptors (Lipinski definition) is 4. The molecule has 2 N–H and O–H groups in total. The summed E-state index contributed by atoms with van der Waals surface area (Å²) in [6.45, 7) is 8.51. The second-order valence-electron chi connectivity index (χ2n) is 6.70. The molecule has 1 aromatic rings. The summed E-state index contributed by atoms with van der Waals surface area (Å²) < 4.78 is 11.2. The second-order valence-corrected chi connectivity index (χ2v) is 7.10. The average molecular weight is 311 g/mol. The van der Waals surface area contributed by atoms with Crippen molar-refractivity contribution in [2.75, 3.05) is 26.3 Å². The molecule has 116 valence electrons. The van der Waals surface area contributed by atoms with Crippen LogP contribution in [0.2, 0.25) is 5.02 Å². The van der Waals surface area contributed by atoms with E-state index >= 15 is 0 Å². The molecule has 1 aromatic carbocycles. The molecule has 2 heterocycles. The van der Waals surface area contributed by atoms with Gasteiger partial charge in [-0.15, -0.1) is 0 Å². The van der Waals surface area contributed by atoms with E-state index in [4.69, 9.17) is 26.8 Å². The molecule has 4 nitrogen and oxygen atoms in total. The number of likely N-dealkylation sites (tertiary alicyclic amines) is 1. The Labute approximate surface area is 131 Å². The zero-order valence-corrected chi connectivity index (χ0v) is 13.4. The van der Waals surface area contributed by atoms with Gasteiger partial charge in [-0.05, 0) is 29.5 Å². The molecular weight excluding hydrogens is 288 g/mol. The Morgan fingerprint density at radius 2 is 2.10 bits per heavy atom. The fourth-order valence-corrected chi connectivity index (χ4v) is 3.42. The summed E-state index contributed by atoms with van der Waals surface area (Å²) >= 11 is 6.30. The zero-order valence-electron chi connectivity index (χ0n) is 12.7. The molecule has 0 bridgehead atoms. The van der Waals surface area contributed by atoms with Crippen LogP contribution >= 0.6 is 11.6 Å². The molecule has 1 unspecified atom stereocenters. The number of ether oxygens (including phenoxy) is 2. The van der Waals surface area contributed by atoms with Crippen molar-refractivity contribution in [1.82, 2.24) is 4.90 Å². The predicted octanol–water partition coefficient (Wildman–Crippen LogP) is 2.67. The van der Waals surface area contributed by atoms with E-state index in [-0.39, 0.29) is 11.5 Å². The highest BCUT2D eigenvalue weighted by atomic mass is 35.5. The molecule has 1 fully saturated rings. The molecule has 0 saturated carbocycles. The van der Waals surface area contributed by atoms with Gasteiger partial charge in [0, 0.05) is 25.7 Å². The average Bonchev–Trinajstić information content (AvgIpc) is 2.43. The molecule has 2 aliphatic heterocycles. The van der Waals surface area contributed by atoms with Crippen molar-refractivity contribution >= 4 is 11.6 Å². The molecule has 1 saturated heterocycles. The van der Waals surface area contributed by atoms with Crippen LogP contribution in [-0.4, -0.2) is 37.2 Å². The quantitative estimate of drug-likeness (QED) is 0.912. The van der Waals surface area contributed by atoms with Gasteiger partial charge in [0.15, 0.2) is 11.5 Å². The lowest BCUT2D eigenvalue weighted by molar-refractivity contribution is 0.0896. The number of nitrogens with two attached hydrogens (primary N) is 1. The number of halogens is 1. The minimum Gasteiger partial charge on any atom is -0.486 e. The van der Waals surface area contributed by atoms with E-state index < -0.39 is 0 Å². The first-order valence-corrected chi connectivity index (χ1v) is 7.89. The van der Waals surface area contributed by atoms with E-state index in [0.29, 0.717) is 24.0 Å². The van der Waals surface area contributed by atoms with Gasteiger partial charge in [-0.2, -0.15) is 0 Å². The summed E-state index contributed by atoms with van der Waals surface area (Å²) in [5.41, 5.74) is 7.51. The first kappa shape index (κ1) is 14.9. The lowest BCUT2D eigenvalue weighted by Gasteiger charge is -2.42. The van der Waals surface area contributed by atoms with Gasteiger partial charge >= 0.3 is 0 Å². The maximum absolute atomic E-state index is 6.30. The van der Waals surface area contributed by atoms with Crippen molar-refractivity contribution in [3.8, 4) is 11.5 Å². The van der Waals surface area contributed by atoms with E-state index in [1.54, 1.807) is 0 Å². The lowest BCUT2D eigenvalue weighted by Crippen LogP contribution is -2.52. The Morgan fingerprint density at radius 1 is 1.33 bits per heavy atom. The molecule has 5 heteroatoms. The Kier molecular flexibility index (Phi) is 4.04. The Balaban J connectivity index is 1.75. The Bertz CT molecular complexity index is 533. The fraction of sp³-hybridized carbons (Fsp3) is 0.625. The summed E-state index contributed by atoms with van der Waals surface area (Å²) in [4.78, 5) is 2.44. The van der Waals surface area contributed by atoms with Gasteiger partial charge in [-0.1, -0.05) is 25.4 Å². The van der Waals surface area contributed by atoms with E-state index in [1.807, 2.05) is 12.1 Å². The summed E-state index contributed by atoms with van der Waals surface area (Å²) in [6.07, 6.45) is 1.03. The van der Waals surface area contributed by atoms with Crippen molar-refractivity contribution < 1.29 is 9.47 Å². The van der Waals surface area contributed by atoms with E-state index in [2.05, 4.69) is 18.7 Å². The third-order valence-electron chi connectivity index (χ3n) is 4.45. The van der Waals surface area contributed by atoms with Crippen LogP contribution in [0.15, 0.2) is 12.1 Å². The molecule has 2 aliphatic rings. The number of piperidine rings is 1.